The van der Waals surface area contributed by atoms with Crippen molar-refractivity contribution in [2.75, 3.05) is 26.5 Å². The van der Waals surface area contributed by atoms with Gasteiger partial charge in [0.2, 0.25) is 0 Å². The van der Waals surface area contributed by atoms with Crippen molar-refractivity contribution in [1.82, 2.24) is 9.88 Å². The highest BCUT2D eigenvalue weighted by Crippen LogP contribution is 2.39. The molecule has 2 heterocycles. The van der Waals surface area contributed by atoms with Crippen LogP contribution in [0.3, 0.4) is 0 Å². The lowest BCUT2D eigenvalue weighted by molar-refractivity contribution is 0.0144. The molecule has 6 heteroatoms. The van der Waals surface area contributed by atoms with Gasteiger partial charge in [-0.3, -0.25) is 4.90 Å². The van der Waals surface area contributed by atoms with Crippen LogP contribution < -0.4 is 4.74 Å². The van der Waals surface area contributed by atoms with Gasteiger partial charge < -0.3 is 14.5 Å². The maximum Gasteiger partial charge on any atom is 0.174 e. The first kappa shape index (κ1) is 18.8. The summed E-state index contributed by atoms with van der Waals surface area (Å²) >= 11 is 6.25. The number of nitrogens with one attached hydrogen (secondary N) is 1. The summed E-state index contributed by atoms with van der Waals surface area (Å²) in [5.41, 5.74) is 4.77. The zero-order valence-electron chi connectivity index (χ0n) is 15.7. The van der Waals surface area contributed by atoms with E-state index < -0.39 is 0 Å². The van der Waals surface area contributed by atoms with Crippen LogP contribution in [-0.2, 0) is 11.2 Å². The van der Waals surface area contributed by atoms with Gasteiger partial charge in [0.25, 0.3) is 0 Å². The Kier molecular flexibility index (Phi) is 5.54. The molecule has 0 saturated carbocycles. The zero-order chi connectivity index (χ0) is 19.5. The number of nitriles is 1. The molecule has 0 fully saturated rings. The summed E-state index contributed by atoms with van der Waals surface area (Å²) in [4.78, 5) is 5.96. The molecule has 0 bridgehead atoms. The van der Waals surface area contributed by atoms with Crippen LogP contribution in [0.1, 0.15) is 29.8 Å². The fourth-order valence-corrected chi connectivity index (χ4v) is 4.07. The van der Waals surface area contributed by atoms with Crippen molar-refractivity contribution in [2.24, 2.45) is 0 Å². The maximum atomic E-state index is 8.69. The third-order valence-corrected chi connectivity index (χ3v) is 5.38. The third-order valence-electron chi connectivity index (χ3n) is 5.15. The van der Waals surface area contributed by atoms with Crippen molar-refractivity contribution >= 4 is 22.5 Å². The fourth-order valence-electron chi connectivity index (χ4n) is 3.90. The Morgan fingerprint density at radius 2 is 2.07 bits per heavy atom. The Hall–Kier alpha value is -2.52. The number of benzene rings is 2. The molecule has 144 valence electrons. The standard InChI is InChI=1S/C22H22ClN3O2/c1-2-27-14-26-11-9-18-19-13-16(23)5-8-20(19)25-21(18)22(26)15-3-6-17(7-4-15)28-12-10-24/h3-8,13,22,25H,2,9,11-12,14H2,1H3. The number of aromatic nitrogens is 1. The normalized spacial score (nSPS) is 16.7. The smallest absolute Gasteiger partial charge is 0.174 e. The molecule has 0 spiro atoms. The van der Waals surface area contributed by atoms with Gasteiger partial charge in [-0.2, -0.15) is 5.26 Å². The summed E-state index contributed by atoms with van der Waals surface area (Å²) < 4.78 is 11.1. The van der Waals surface area contributed by atoms with E-state index in [2.05, 4.69) is 22.0 Å². The average Bonchev–Trinajstić information content (AvgIpc) is 3.08. The second-order valence-electron chi connectivity index (χ2n) is 6.81. The van der Waals surface area contributed by atoms with Gasteiger partial charge in [0.15, 0.2) is 6.61 Å². The molecule has 0 aliphatic carbocycles. The van der Waals surface area contributed by atoms with E-state index in [0.29, 0.717) is 19.1 Å². The van der Waals surface area contributed by atoms with Gasteiger partial charge in [-0.1, -0.05) is 23.7 Å². The second kappa shape index (κ2) is 8.24. The summed E-state index contributed by atoms with van der Waals surface area (Å²) in [5.74, 6) is 0.695. The van der Waals surface area contributed by atoms with Crippen LogP contribution in [0, 0.1) is 11.3 Å². The first-order chi connectivity index (χ1) is 13.7. The molecule has 0 amide bonds. The first-order valence-corrected chi connectivity index (χ1v) is 9.80. The van der Waals surface area contributed by atoms with E-state index in [-0.39, 0.29) is 12.6 Å². The van der Waals surface area contributed by atoms with E-state index in [1.165, 1.54) is 16.6 Å². The minimum Gasteiger partial charge on any atom is -0.479 e. The van der Waals surface area contributed by atoms with Crippen molar-refractivity contribution in [3.8, 4) is 11.8 Å². The second-order valence-corrected chi connectivity index (χ2v) is 7.25. The quantitative estimate of drug-likeness (QED) is 0.659. The maximum absolute atomic E-state index is 8.69. The van der Waals surface area contributed by atoms with Crippen molar-refractivity contribution in [2.45, 2.75) is 19.4 Å². The van der Waals surface area contributed by atoms with E-state index in [4.69, 9.17) is 26.3 Å². The van der Waals surface area contributed by atoms with Gasteiger partial charge in [0, 0.05) is 34.8 Å². The molecule has 4 rings (SSSR count). The highest BCUT2D eigenvalue weighted by atomic mass is 35.5. The molecule has 3 aromatic rings. The molecular weight excluding hydrogens is 374 g/mol. The Morgan fingerprint density at radius 3 is 2.82 bits per heavy atom. The number of H-pyrrole nitrogens is 1. The van der Waals surface area contributed by atoms with E-state index in [0.717, 1.165) is 29.1 Å². The molecule has 2 aromatic carbocycles. The molecule has 1 aliphatic rings. The summed E-state index contributed by atoms with van der Waals surface area (Å²) in [5, 5.41) is 10.6. The van der Waals surface area contributed by atoms with Crippen LogP contribution in [0.5, 0.6) is 5.75 Å². The Morgan fingerprint density at radius 1 is 1.25 bits per heavy atom. The Labute approximate surface area is 169 Å². The Balaban J connectivity index is 1.75. The number of hydrogen-bond acceptors (Lipinski definition) is 4. The molecule has 0 saturated heterocycles. The molecule has 1 atom stereocenters. The number of fused-ring (bicyclic) bond motifs is 3. The van der Waals surface area contributed by atoms with Crippen molar-refractivity contribution < 1.29 is 9.47 Å². The molecule has 1 N–H and O–H groups in total. The van der Waals surface area contributed by atoms with E-state index in [1.807, 2.05) is 43.3 Å². The minimum absolute atomic E-state index is 0.0478. The van der Waals surface area contributed by atoms with Crippen LogP contribution in [-0.4, -0.2) is 36.4 Å². The van der Waals surface area contributed by atoms with Crippen molar-refractivity contribution in [3.05, 3.63) is 64.3 Å². The zero-order valence-corrected chi connectivity index (χ0v) is 16.5. The van der Waals surface area contributed by atoms with Crippen LogP contribution in [0.2, 0.25) is 5.02 Å². The SMILES string of the molecule is CCOCN1CCc2c([nH]c3ccc(Cl)cc23)C1c1ccc(OCC#N)cc1. The number of halogens is 1. The highest BCUT2D eigenvalue weighted by molar-refractivity contribution is 6.31. The van der Waals surface area contributed by atoms with Gasteiger partial charge in [-0.05, 0) is 54.8 Å². The lowest BCUT2D eigenvalue weighted by Crippen LogP contribution is -2.37. The van der Waals surface area contributed by atoms with Gasteiger partial charge in [-0.15, -0.1) is 0 Å². The molecular formula is C22H22ClN3O2. The largest absolute Gasteiger partial charge is 0.479 e. The lowest BCUT2D eigenvalue weighted by Gasteiger charge is -2.35. The van der Waals surface area contributed by atoms with Crippen LogP contribution in [0.4, 0.5) is 0 Å². The number of nitrogens with zero attached hydrogens (tertiary/aromatic N) is 2. The topological polar surface area (TPSA) is 61.3 Å². The molecule has 1 aliphatic heterocycles. The predicted molar refractivity (Wildman–Crippen MR) is 110 cm³/mol. The van der Waals surface area contributed by atoms with E-state index in [9.17, 15) is 0 Å². The van der Waals surface area contributed by atoms with Crippen LogP contribution >= 0.6 is 11.6 Å². The third kappa shape index (κ3) is 3.59. The average molecular weight is 396 g/mol. The van der Waals surface area contributed by atoms with E-state index in [1.54, 1.807) is 0 Å². The van der Waals surface area contributed by atoms with Crippen LogP contribution in [0.15, 0.2) is 42.5 Å². The Bertz CT molecular complexity index is 1010. The summed E-state index contributed by atoms with van der Waals surface area (Å²) in [6.45, 7) is 4.22. The predicted octanol–water partition coefficient (Wildman–Crippen LogP) is 4.67. The molecule has 5 nitrogen and oxygen atoms in total. The van der Waals surface area contributed by atoms with Gasteiger partial charge in [0.05, 0.1) is 12.8 Å². The molecule has 0 radical (unpaired) electrons. The summed E-state index contributed by atoms with van der Waals surface area (Å²) in [7, 11) is 0. The number of rotatable bonds is 6. The summed E-state index contributed by atoms with van der Waals surface area (Å²) in [6.07, 6.45) is 0.947. The molecule has 1 aromatic heterocycles. The van der Waals surface area contributed by atoms with Crippen molar-refractivity contribution in [3.63, 3.8) is 0 Å². The monoisotopic (exact) mass is 395 g/mol. The molecule has 28 heavy (non-hydrogen) atoms. The lowest BCUT2D eigenvalue weighted by atomic mass is 9.93. The number of ether oxygens (including phenoxy) is 2. The highest BCUT2D eigenvalue weighted by Gasteiger charge is 2.31. The van der Waals surface area contributed by atoms with Gasteiger partial charge in [0.1, 0.15) is 11.8 Å². The fraction of sp³-hybridized carbons (Fsp3) is 0.318. The van der Waals surface area contributed by atoms with Crippen molar-refractivity contribution in [1.29, 1.82) is 5.26 Å². The van der Waals surface area contributed by atoms with Crippen LogP contribution in [0.25, 0.3) is 10.9 Å². The number of aromatic amines is 1. The first-order valence-electron chi connectivity index (χ1n) is 9.42. The van der Waals surface area contributed by atoms with Gasteiger partial charge in [-0.25, -0.2) is 0 Å². The van der Waals surface area contributed by atoms with Gasteiger partial charge >= 0.3 is 0 Å². The summed E-state index contributed by atoms with van der Waals surface area (Å²) in [6, 6.07) is 16.0. The van der Waals surface area contributed by atoms with E-state index >= 15 is 0 Å². The minimum atomic E-state index is 0.0478. The number of hydrogen-bond donors (Lipinski definition) is 1. The molecule has 1 unspecified atom stereocenters.